The summed E-state index contributed by atoms with van der Waals surface area (Å²) >= 11 is 0. The van der Waals surface area contributed by atoms with Crippen molar-refractivity contribution in [3.63, 3.8) is 0 Å². The molecule has 0 heterocycles. The standard InChI is InChI=1S/C12H20N2O3/c15-11(16)5-6-13-12(17)14(7-9-1-2-9)8-10-3-4-10/h9-10H,1-8H2,(H,13,17)(H,15,16). The molecule has 2 amide bonds. The summed E-state index contributed by atoms with van der Waals surface area (Å²) in [6, 6.07) is -0.0925. The minimum absolute atomic E-state index is 0.00750. The van der Waals surface area contributed by atoms with Crippen molar-refractivity contribution in [2.24, 2.45) is 11.8 Å². The average Bonchev–Trinajstić information content (AvgIpc) is 3.10. The highest BCUT2D eigenvalue weighted by Crippen LogP contribution is 2.33. The number of aliphatic carboxylic acids is 1. The van der Waals surface area contributed by atoms with Crippen LogP contribution in [0.1, 0.15) is 32.1 Å². The predicted molar refractivity (Wildman–Crippen MR) is 62.7 cm³/mol. The Morgan fingerprint density at radius 3 is 2.06 bits per heavy atom. The van der Waals surface area contributed by atoms with Gasteiger partial charge in [0.1, 0.15) is 0 Å². The van der Waals surface area contributed by atoms with Gasteiger partial charge in [0.2, 0.25) is 0 Å². The van der Waals surface area contributed by atoms with E-state index in [9.17, 15) is 9.59 Å². The van der Waals surface area contributed by atoms with Gasteiger partial charge in [0.05, 0.1) is 6.42 Å². The SMILES string of the molecule is O=C(O)CCNC(=O)N(CC1CC1)CC1CC1. The number of carboxylic acids is 1. The molecule has 0 spiro atoms. The van der Waals surface area contributed by atoms with Gasteiger partial charge in [0.25, 0.3) is 0 Å². The highest BCUT2D eigenvalue weighted by atomic mass is 16.4. The predicted octanol–water partition coefficient (Wildman–Crippen LogP) is 1.29. The van der Waals surface area contributed by atoms with E-state index in [1.54, 1.807) is 0 Å². The van der Waals surface area contributed by atoms with E-state index in [-0.39, 0.29) is 19.0 Å². The molecule has 17 heavy (non-hydrogen) atoms. The first kappa shape index (κ1) is 12.2. The summed E-state index contributed by atoms with van der Waals surface area (Å²) < 4.78 is 0. The van der Waals surface area contributed by atoms with Gasteiger partial charge in [0.15, 0.2) is 0 Å². The fourth-order valence-corrected chi connectivity index (χ4v) is 1.85. The van der Waals surface area contributed by atoms with Crippen molar-refractivity contribution in [3.8, 4) is 0 Å². The van der Waals surface area contributed by atoms with Crippen LogP contribution < -0.4 is 5.32 Å². The molecule has 0 atom stereocenters. The lowest BCUT2D eigenvalue weighted by atomic mass is 10.3. The van der Waals surface area contributed by atoms with Crippen molar-refractivity contribution in [1.29, 1.82) is 0 Å². The smallest absolute Gasteiger partial charge is 0.317 e. The number of urea groups is 1. The molecule has 0 aromatic carbocycles. The molecule has 96 valence electrons. The van der Waals surface area contributed by atoms with Crippen LogP contribution in [0.2, 0.25) is 0 Å². The molecule has 0 aromatic rings. The molecule has 0 unspecified atom stereocenters. The fourth-order valence-electron chi connectivity index (χ4n) is 1.85. The number of nitrogens with zero attached hydrogens (tertiary/aromatic N) is 1. The van der Waals surface area contributed by atoms with Crippen LogP contribution in [0.4, 0.5) is 4.79 Å². The summed E-state index contributed by atoms with van der Waals surface area (Å²) in [7, 11) is 0. The van der Waals surface area contributed by atoms with Crippen molar-refractivity contribution in [1.82, 2.24) is 10.2 Å². The Hall–Kier alpha value is -1.26. The molecule has 0 saturated heterocycles. The molecule has 0 aliphatic heterocycles. The van der Waals surface area contributed by atoms with E-state index < -0.39 is 5.97 Å². The Morgan fingerprint density at radius 1 is 1.12 bits per heavy atom. The topological polar surface area (TPSA) is 69.6 Å². The van der Waals surface area contributed by atoms with E-state index in [0.29, 0.717) is 11.8 Å². The van der Waals surface area contributed by atoms with Gasteiger partial charge in [-0.3, -0.25) is 4.79 Å². The van der Waals surface area contributed by atoms with Gasteiger partial charge in [0, 0.05) is 19.6 Å². The van der Waals surface area contributed by atoms with Crippen LogP contribution in [0.25, 0.3) is 0 Å². The van der Waals surface area contributed by atoms with Gasteiger partial charge < -0.3 is 15.3 Å². The molecule has 2 saturated carbocycles. The highest BCUT2D eigenvalue weighted by molar-refractivity contribution is 5.75. The monoisotopic (exact) mass is 240 g/mol. The number of carboxylic acid groups (broad SMARTS) is 1. The third-order valence-corrected chi connectivity index (χ3v) is 3.25. The molecule has 2 rings (SSSR count). The van der Waals surface area contributed by atoms with E-state index in [2.05, 4.69) is 5.32 Å². The van der Waals surface area contributed by atoms with E-state index in [1.165, 1.54) is 25.7 Å². The fraction of sp³-hybridized carbons (Fsp3) is 0.833. The first-order valence-corrected chi connectivity index (χ1v) is 6.39. The highest BCUT2D eigenvalue weighted by Gasteiger charge is 2.31. The Balaban J connectivity index is 1.71. The van der Waals surface area contributed by atoms with Gasteiger partial charge >= 0.3 is 12.0 Å². The molecule has 5 heteroatoms. The van der Waals surface area contributed by atoms with Gasteiger partial charge in [-0.1, -0.05) is 0 Å². The Morgan fingerprint density at radius 2 is 1.65 bits per heavy atom. The number of amides is 2. The van der Waals surface area contributed by atoms with Crippen molar-refractivity contribution in [2.75, 3.05) is 19.6 Å². The lowest BCUT2D eigenvalue weighted by Crippen LogP contribution is -2.42. The lowest BCUT2D eigenvalue weighted by molar-refractivity contribution is -0.136. The minimum atomic E-state index is -0.874. The molecule has 2 N–H and O–H groups in total. The number of hydrogen-bond donors (Lipinski definition) is 2. The van der Waals surface area contributed by atoms with Gasteiger partial charge in [-0.25, -0.2) is 4.79 Å². The third kappa shape index (κ3) is 4.63. The third-order valence-electron chi connectivity index (χ3n) is 3.25. The summed E-state index contributed by atoms with van der Waals surface area (Å²) in [5.41, 5.74) is 0. The van der Waals surface area contributed by atoms with Crippen molar-refractivity contribution in [2.45, 2.75) is 32.1 Å². The number of rotatable bonds is 7. The molecule has 0 bridgehead atoms. The summed E-state index contributed by atoms with van der Waals surface area (Å²) in [5.74, 6) is 0.485. The summed E-state index contributed by atoms with van der Waals surface area (Å²) in [6.45, 7) is 1.91. The largest absolute Gasteiger partial charge is 0.481 e. The van der Waals surface area contributed by atoms with Crippen LogP contribution in [0, 0.1) is 11.8 Å². The molecule has 5 nitrogen and oxygen atoms in total. The molecule has 2 aliphatic carbocycles. The summed E-state index contributed by atoms with van der Waals surface area (Å²) in [5, 5.41) is 11.2. The van der Waals surface area contributed by atoms with Crippen LogP contribution in [0.5, 0.6) is 0 Å². The quantitative estimate of drug-likeness (QED) is 0.704. The van der Waals surface area contributed by atoms with E-state index in [0.717, 1.165) is 13.1 Å². The summed E-state index contributed by atoms with van der Waals surface area (Å²) in [6.07, 6.45) is 4.90. The molecule has 0 radical (unpaired) electrons. The molecular weight excluding hydrogens is 220 g/mol. The maximum atomic E-state index is 11.9. The van der Waals surface area contributed by atoms with Crippen LogP contribution in [-0.4, -0.2) is 41.6 Å². The van der Waals surface area contributed by atoms with Crippen LogP contribution in [0.3, 0.4) is 0 Å². The minimum Gasteiger partial charge on any atom is -0.481 e. The summed E-state index contributed by atoms with van der Waals surface area (Å²) in [4.78, 5) is 24.1. The molecule has 2 fully saturated rings. The Kier molecular flexibility index (Phi) is 3.86. The zero-order chi connectivity index (χ0) is 12.3. The van der Waals surface area contributed by atoms with Gasteiger partial charge in [-0.15, -0.1) is 0 Å². The van der Waals surface area contributed by atoms with E-state index in [1.807, 2.05) is 4.90 Å². The number of carbonyl (C=O) groups excluding carboxylic acids is 1. The second kappa shape index (κ2) is 5.38. The van der Waals surface area contributed by atoms with E-state index in [4.69, 9.17) is 5.11 Å². The van der Waals surface area contributed by atoms with Crippen LogP contribution >= 0.6 is 0 Å². The normalized spacial score (nSPS) is 18.8. The number of nitrogens with one attached hydrogen (secondary N) is 1. The lowest BCUT2D eigenvalue weighted by Gasteiger charge is -2.22. The first-order valence-electron chi connectivity index (χ1n) is 6.39. The van der Waals surface area contributed by atoms with Gasteiger partial charge in [-0.05, 0) is 37.5 Å². The average molecular weight is 240 g/mol. The second-order valence-electron chi connectivity index (χ2n) is 5.17. The van der Waals surface area contributed by atoms with Crippen LogP contribution in [0.15, 0.2) is 0 Å². The second-order valence-corrected chi connectivity index (χ2v) is 5.17. The van der Waals surface area contributed by atoms with Crippen molar-refractivity contribution < 1.29 is 14.7 Å². The Bertz CT molecular complexity index is 284. The molecule has 2 aliphatic rings. The van der Waals surface area contributed by atoms with Crippen molar-refractivity contribution in [3.05, 3.63) is 0 Å². The maximum Gasteiger partial charge on any atom is 0.317 e. The van der Waals surface area contributed by atoms with Gasteiger partial charge in [-0.2, -0.15) is 0 Å². The Labute approximate surface area is 101 Å². The van der Waals surface area contributed by atoms with E-state index >= 15 is 0 Å². The number of hydrogen-bond acceptors (Lipinski definition) is 2. The molecular formula is C12H20N2O3. The zero-order valence-electron chi connectivity index (χ0n) is 10.0. The first-order chi connectivity index (χ1) is 8.15. The van der Waals surface area contributed by atoms with Crippen LogP contribution in [-0.2, 0) is 4.79 Å². The maximum absolute atomic E-state index is 11.9. The van der Waals surface area contributed by atoms with Crippen molar-refractivity contribution >= 4 is 12.0 Å². The molecule has 0 aromatic heterocycles. The number of carbonyl (C=O) groups is 2. The zero-order valence-corrected chi connectivity index (χ0v) is 10.0.